The fourth-order valence-corrected chi connectivity index (χ4v) is 2.31. The molecule has 6 nitrogen and oxygen atoms in total. The van der Waals surface area contributed by atoms with E-state index < -0.39 is 0 Å². The highest BCUT2D eigenvalue weighted by Gasteiger charge is 2.43. The second-order valence-electron chi connectivity index (χ2n) is 4.86. The molecule has 0 aliphatic heterocycles. The first kappa shape index (κ1) is 13.9. The predicted molar refractivity (Wildman–Crippen MR) is 75.6 cm³/mol. The van der Waals surface area contributed by atoms with Crippen LogP contribution in [0, 0.1) is 0 Å². The number of hydrogen-bond acceptors (Lipinski definition) is 6. The SMILES string of the molecule is CCO[C@@H]1C[C@H]1c1nc(-c2ccc(OC)c(OC)c2)no1. The number of ether oxygens (including phenoxy) is 3. The van der Waals surface area contributed by atoms with E-state index in [0.717, 1.165) is 12.0 Å². The van der Waals surface area contributed by atoms with Gasteiger partial charge in [-0.2, -0.15) is 4.98 Å². The molecule has 2 aromatic rings. The summed E-state index contributed by atoms with van der Waals surface area (Å²) in [4.78, 5) is 4.45. The summed E-state index contributed by atoms with van der Waals surface area (Å²) in [6.07, 6.45) is 1.16. The maximum absolute atomic E-state index is 5.54. The second-order valence-corrected chi connectivity index (χ2v) is 4.86. The zero-order valence-corrected chi connectivity index (χ0v) is 12.3. The van der Waals surface area contributed by atoms with Crippen molar-refractivity contribution in [2.24, 2.45) is 0 Å². The molecular weight excluding hydrogens is 272 g/mol. The summed E-state index contributed by atoms with van der Waals surface area (Å²) in [6.45, 7) is 2.69. The summed E-state index contributed by atoms with van der Waals surface area (Å²) in [7, 11) is 3.20. The quantitative estimate of drug-likeness (QED) is 0.814. The zero-order chi connectivity index (χ0) is 14.8. The van der Waals surface area contributed by atoms with Crippen LogP contribution in [-0.2, 0) is 4.74 Å². The first-order valence-corrected chi connectivity index (χ1v) is 6.94. The van der Waals surface area contributed by atoms with Crippen LogP contribution in [0.3, 0.4) is 0 Å². The smallest absolute Gasteiger partial charge is 0.232 e. The van der Waals surface area contributed by atoms with E-state index in [9.17, 15) is 0 Å². The Kier molecular flexibility index (Phi) is 3.79. The van der Waals surface area contributed by atoms with Gasteiger partial charge in [-0.3, -0.25) is 0 Å². The third-order valence-electron chi connectivity index (χ3n) is 3.51. The lowest BCUT2D eigenvalue weighted by Crippen LogP contribution is -1.95. The number of hydrogen-bond donors (Lipinski definition) is 0. The average molecular weight is 290 g/mol. The van der Waals surface area contributed by atoms with Crippen molar-refractivity contribution >= 4 is 0 Å². The molecule has 112 valence electrons. The van der Waals surface area contributed by atoms with Gasteiger partial charge in [-0.25, -0.2) is 0 Å². The molecule has 0 amide bonds. The molecule has 21 heavy (non-hydrogen) atoms. The van der Waals surface area contributed by atoms with Crippen LogP contribution >= 0.6 is 0 Å². The van der Waals surface area contributed by atoms with E-state index in [-0.39, 0.29) is 12.0 Å². The first-order valence-electron chi connectivity index (χ1n) is 6.94. The Balaban J connectivity index is 1.80. The molecule has 1 aliphatic rings. The van der Waals surface area contributed by atoms with Crippen LogP contribution in [0.4, 0.5) is 0 Å². The van der Waals surface area contributed by atoms with Crippen LogP contribution in [0.25, 0.3) is 11.4 Å². The average Bonchev–Trinajstić information content (AvgIpc) is 3.11. The van der Waals surface area contributed by atoms with Crippen molar-refractivity contribution in [3.05, 3.63) is 24.1 Å². The summed E-state index contributed by atoms with van der Waals surface area (Å²) in [5.74, 6) is 2.72. The molecule has 6 heteroatoms. The van der Waals surface area contributed by atoms with Crippen molar-refractivity contribution < 1.29 is 18.7 Å². The molecule has 0 saturated heterocycles. The van der Waals surface area contributed by atoms with Crippen LogP contribution < -0.4 is 9.47 Å². The van der Waals surface area contributed by atoms with E-state index in [2.05, 4.69) is 10.1 Å². The molecule has 1 aromatic carbocycles. The lowest BCUT2D eigenvalue weighted by molar-refractivity contribution is 0.125. The highest BCUT2D eigenvalue weighted by Crippen LogP contribution is 2.43. The monoisotopic (exact) mass is 290 g/mol. The molecule has 0 N–H and O–H groups in total. The van der Waals surface area contributed by atoms with Crippen molar-refractivity contribution in [3.8, 4) is 22.9 Å². The summed E-state index contributed by atoms with van der Waals surface area (Å²) >= 11 is 0. The summed E-state index contributed by atoms with van der Waals surface area (Å²) in [5, 5.41) is 4.04. The van der Waals surface area contributed by atoms with Crippen molar-refractivity contribution in [3.63, 3.8) is 0 Å². The molecular formula is C15H18N2O4. The summed E-state index contributed by atoms with van der Waals surface area (Å²) < 4.78 is 21.4. The van der Waals surface area contributed by atoms with E-state index >= 15 is 0 Å². The zero-order valence-electron chi connectivity index (χ0n) is 12.3. The van der Waals surface area contributed by atoms with Gasteiger partial charge in [-0.05, 0) is 31.5 Å². The summed E-state index contributed by atoms with van der Waals surface area (Å²) in [6, 6.07) is 5.54. The molecule has 1 heterocycles. The molecule has 1 fully saturated rings. The Morgan fingerprint density at radius 1 is 1.24 bits per heavy atom. The topological polar surface area (TPSA) is 66.6 Å². The van der Waals surface area contributed by atoms with Crippen molar-refractivity contribution in [2.75, 3.05) is 20.8 Å². The largest absolute Gasteiger partial charge is 0.493 e. The van der Waals surface area contributed by atoms with E-state index in [4.69, 9.17) is 18.7 Å². The number of rotatable bonds is 6. The third-order valence-corrected chi connectivity index (χ3v) is 3.51. The van der Waals surface area contributed by atoms with Gasteiger partial charge in [-0.15, -0.1) is 0 Å². The van der Waals surface area contributed by atoms with Crippen LogP contribution in [0.5, 0.6) is 11.5 Å². The molecule has 2 atom stereocenters. The minimum atomic E-state index is 0.216. The maximum Gasteiger partial charge on any atom is 0.232 e. The van der Waals surface area contributed by atoms with Gasteiger partial charge >= 0.3 is 0 Å². The molecule has 1 saturated carbocycles. The van der Waals surface area contributed by atoms with Gasteiger partial charge in [0, 0.05) is 12.2 Å². The Morgan fingerprint density at radius 2 is 2.05 bits per heavy atom. The van der Waals surface area contributed by atoms with Crippen LogP contribution in [0.1, 0.15) is 25.2 Å². The van der Waals surface area contributed by atoms with Gasteiger partial charge in [0.05, 0.1) is 26.2 Å². The highest BCUT2D eigenvalue weighted by atomic mass is 16.5. The van der Waals surface area contributed by atoms with Crippen LogP contribution in [-0.4, -0.2) is 37.1 Å². The van der Waals surface area contributed by atoms with Crippen LogP contribution in [0.2, 0.25) is 0 Å². The third kappa shape index (κ3) is 2.71. The molecule has 0 unspecified atom stereocenters. The lowest BCUT2D eigenvalue weighted by Gasteiger charge is -2.07. The van der Waals surface area contributed by atoms with Crippen molar-refractivity contribution in [2.45, 2.75) is 25.4 Å². The van der Waals surface area contributed by atoms with E-state index in [0.29, 0.717) is 29.8 Å². The number of benzene rings is 1. The Morgan fingerprint density at radius 3 is 2.76 bits per heavy atom. The number of aromatic nitrogens is 2. The molecule has 0 radical (unpaired) electrons. The Hall–Kier alpha value is -2.08. The fraction of sp³-hybridized carbons (Fsp3) is 0.467. The lowest BCUT2D eigenvalue weighted by atomic mass is 10.2. The molecule has 0 bridgehead atoms. The fourth-order valence-electron chi connectivity index (χ4n) is 2.31. The van der Waals surface area contributed by atoms with E-state index in [1.807, 2.05) is 25.1 Å². The standard InChI is InChI=1S/C15H18N2O4/c1-4-20-12-8-10(12)15-16-14(17-21-15)9-5-6-11(18-2)13(7-9)19-3/h5-7,10,12H,4,8H2,1-3H3/t10-,12-/m1/s1. The van der Waals surface area contributed by atoms with Gasteiger partial charge < -0.3 is 18.7 Å². The van der Waals surface area contributed by atoms with Crippen molar-refractivity contribution in [1.82, 2.24) is 10.1 Å². The van der Waals surface area contributed by atoms with Gasteiger partial charge in [0.15, 0.2) is 11.5 Å². The van der Waals surface area contributed by atoms with Gasteiger partial charge in [-0.1, -0.05) is 5.16 Å². The summed E-state index contributed by atoms with van der Waals surface area (Å²) in [5.41, 5.74) is 0.830. The van der Waals surface area contributed by atoms with Crippen LogP contribution in [0.15, 0.2) is 22.7 Å². The highest BCUT2D eigenvalue weighted by molar-refractivity contribution is 5.60. The molecule has 1 aromatic heterocycles. The second kappa shape index (κ2) is 5.73. The minimum absolute atomic E-state index is 0.216. The molecule has 1 aliphatic carbocycles. The van der Waals surface area contributed by atoms with Crippen molar-refractivity contribution in [1.29, 1.82) is 0 Å². The van der Waals surface area contributed by atoms with E-state index in [1.54, 1.807) is 14.2 Å². The molecule has 0 spiro atoms. The number of methoxy groups -OCH3 is 2. The molecule has 3 rings (SSSR count). The predicted octanol–water partition coefficient (Wildman–Crippen LogP) is 2.65. The maximum atomic E-state index is 5.54. The number of nitrogens with zero attached hydrogens (tertiary/aromatic N) is 2. The van der Waals surface area contributed by atoms with E-state index in [1.165, 1.54) is 0 Å². The van der Waals surface area contributed by atoms with Gasteiger partial charge in [0.2, 0.25) is 11.7 Å². The van der Waals surface area contributed by atoms with Gasteiger partial charge in [0.1, 0.15) is 0 Å². The Labute approximate surface area is 123 Å². The minimum Gasteiger partial charge on any atom is -0.493 e. The first-order chi connectivity index (χ1) is 10.3. The Bertz CT molecular complexity index is 626. The van der Waals surface area contributed by atoms with Gasteiger partial charge in [0.25, 0.3) is 0 Å². The normalized spacial score (nSPS) is 20.3.